The Balaban J connectivity index is 1.74. The van der Waals surface area contributed by atoms with Gasteiger partial charge in [0.05, 0.1) is 6.07 Å². The van der Waals surface area contributed by atoms with Crippen LogP contribution in [0.5, 0.6) is 0 Å². The van der Waals surface area contributed by atoms with Crippen molar-refractivity contribution >= 4 is 0 Å². The molecule has 4 rings (SSSR count). The van der Waals surface area contributed by atoms with Gasteiger partial charge in [0.25, 0.3) is 0 Å². The summed E-state index contributed by atoms with van der Waals surface area (Å²) in [4.78, 5) is 0. The SMILES string of the molecule is CC12CCCCC1CCC1C2=CCC2(C)C1CCC2(O)C#N. The molecule has 6 atom stereocenters. The van der Waals surface area contributed by atoms with Crippen LogP contribution in [0, 0.1) is 39.9 Å². The molecule has 4 aliphatic carbocycles. The molecular weight excluding hydrogens is 270 g/mol. The molecule has 0 amide bonds. The molecule has 0 radical (unpaired) electrons. The quantitative estimate of drug-likeness (QED) is 0.525. The van der Waals surface area contributed by atoms with Crippen LogP contribution in [0.4, 0.5) is 0 Å². The van der Waals surface area contributed by atoms with Crippen LogP contribution < -0.4 is 0 Å². The maximum absolute atomic E-state index is 10.9. The molecule has 6 unspecified atom stereocenters. The van der Waals surface area contributed by atoms with Gasteiger partial charge in [-0.15, -0.1) is 0 Å². The standard InChI is InChI=1S/C20H29NO/c1-18-10-4-3-5-14(18)6-7-15-16(18)8-11-19(2)17(15)9-12-20(19,22)13-21/h8,14-15,17,22H,3-7,9-12H2,1-2H3. The first-order valence-corrected chi connectivity index (χ1v) is 9.29. The van der Waals surface area contributed by atoms with Crippen molar-refractivity contribution in [1.29, 1.82) is 5.26 Å². The van der Waals surface area contributed by atoms with Gasteiger partial charge in [-0.05, 0) is 68.1 Å². The monoisotopic (exact) mass is 299 g/mol. The molecule has 0 heterocycles. The molecule has 0 aromatic rings. The normalized spacial score (nSPS) is 53.7. The molecule has 0 aromatic carbocycles. The Kier molecular flexibility index (Phi) is 3.09. The number of aliphatic hydroxyl groups is 1. The van der Waals surface area contributed by atoms with Gasteiger partial charge in [-0.3, -0.25) is 0 Å². The molecule has 22 heavy (non-hydrogen) atoms. The van der Waals surface area contributed by atoms with Crippen molar-refractivity contribution in [2.75, 3.05) is 0 Å². The Labute approximate surface area is 134 Å². The smallest absolute Gasteiger partial charge is 0.156 e. The maximum atomic E-state index is 10.9. The van der Waals surface area contributed by atoms with Gasteiger partial charge in [0.2, 0.25) is 0 Å². The second-order valence-electron chi connectivity index (χ2n) is 8.94. The molecule has 3 saturated carbocycles. The van der Waals surface area contributed by atoms with E-state index in [2.05, 4.69) is 26.0 Å². The Hall–Kier alpha value is -0.810. The van der Waals surface area contributed by atoms with Gasteiger partial charge in [0, 0.05) is 5.41 Å². The number of fused-ring (bicyclic) bond motifs is 5. The van der Waals surface area contributed by atoms with Gasteiger partial charge >= 0.3 is 0 Å². The van der Waals surface area contributed by atoms with E-state index in [0.29, 0.717) is 23.7 Å². The first-order chi connectivity index (χ1) is 10.4. The van der Waals surface area contributed by atoms with Gasteiger partial charge in [-0.2, -0.15) is 5.26 Å². The summed E-state index contributed by atoms with van der Waals surface area (Å²) in [5.74, 6) is 2.02. The van der Waals surface area contributed by atoms with Gasteiger partial charge < -0.3 is 5.11 Å². The molecule has 1 N–H and O–H groups in total. The first kappa shape index (κ1) is 14.8. The van der Waals surface area contributed by atoms with Crippen molar-refractivity contribution in [3.8, 4) is 6.07 Å². The van der Waals surface area contributed by atoms with E-state index in [-0.39, 0.29) is 5.41 Å². The molecule has 2 heteroatoms. The lowest BCUT2D eigenvalue weighted by Crippen LogP contribution is -2.51. The highest BCUT2D eigenvalue weighted by atomic mass is 16.3. The van der Waals surface area contributed by atoms with Gasteiger partial charge in [-0.1, -0.05) is 38.3 Å². The molecule has 0 aromatic heterocycles. The van der Waals surface area contributed by atoms with E-state index in [0.717, 1.165) is 18.8 Å². The Morgan fingerprint density at radius 1 is 1.14 bits per heavy atom. The van der Waals surface area contributed by atoms with Crippen LogP contribution in [0.15, 0.2) is 11.6 Å². The van der Waals surface area contributed by atoms with Crippen molar-refractivity contribution in [1.82, 2.24) is 0 Å². The minimum Gasteiger partial charge on any atom is -0.375 e. The van der Waals surface area contributed by atoms with Crippen molar-refractivity contribution in [3.05, 3.63) is 11.6 Å². The average Bonchev–Trinajstić information content (AvgIpc) is 2.79. The first-order valence-electron chi connectivity index (χ1n) is 9.29. The van der Waals surface area contributed by atoms with Gasteiger partial charge in [0.15, 0.2) is 5.60 Å². The fourth-order valence-corrected chi connectivity index (χ4v) is 6.76. The third-order valence-corrected chi connectivity index (χ3v) is 8.28. The van der Waals surface area contributed by atoms with Crippen LogP contribution in [0.2, 0.25) is 0 Å². The van der Waals surface area contributed by atoms with Gasteiger partial charge in [0.1, 0.15) is 0 Å². The second kappa shape index (κ2) is 4.60. The Morgan fingerprint density at radius 2 is 1.95 bits per heavy atom. The van der Waals surface area contributed by atoms with E-state index < -0.39 is 5.60 Å². The molecule has 0 aliphatic heterocycles. The zero-order valence-corrected chi connectivity index (χ0v) is 14.1. The highest BCUT2D eigenvalue weighted by Crippen LogP contribution is 2.66. The lowest BCUT2D eigenvalue weighted by molar-refractivity contribution is -0.0476. The van der Waals surface area contributed by atoms with E-state index in [4.69, 9.17) is 0 Å². The summed E-state index contributed by atoms with van der Waals surface area (Å²) in [6, 6.07) is 2.27. The topological polar surface area (TPSA) is 44.0 Å². The summed E-state index contributed by atoms with van der Waals surface area (Å²) in [7, 11) is 0. The highest BCUT2D eigenvalue weighted by molar-refractivity contribution is 5.32. The largest absolute Gasteiger partial charge is 0.375 e. The number of hydrogen-bond acceptors (Lipinski definition) is 2. The van der Waals surface area contributed by atoms with E-state index in [9.17, 15) is 10.4 Å². The summed E-state index contributed by atoms with van der Waals surface area (Å²) in [6.07, 6.45) is 13.3. The summed E-state index contributed by atoms with van der Waals surface area (Å²) in [6.45, 7) is 4.69. The van der Waals surface area contributed by atoms with E-state index >= 15 is 0 Å². The van der Waals surface area contributed by atoms with Crippen molar-refractivity contribution in [2.45, 2.75) is 77.2 Å². The average molecular weight is 299 g/mol. The van der Waals surface area contributed by atoms with E-state index in [1.807, 2.05) is 0 Å². The van der Waals surface area contributed by atoms with E-state index in [1.165, 1.54) is 38.5 Å². The summed E-state index contributed by atoms with van der Waals surface area (Å²) >= 11 is 0. The van der Waals surface area contributed by atoms with Crippen LogP contribution in [0.3, 0.4) is 0 Å². The third kappa shape index (κ3) is 1.64. The fraction of sp³-hybridized carbons (Fsp3) is 0.850. The lowest BCUT2D eigenvalue weighted by atomic mass is 9.48. The summed E-state index contributed by atoms with van der Waals surface area (Å²) in [5.41, 5.74) is 0.793. The predicted octanol–water partition coefficient (Wildman–Crippen LogP) is 4.59. The number of allylic oxidation sites excluding steroid dienone is 2. The molecule has 0 bridgehead atoms. The van der Waals surface area contributed by atoms with E-state index in [1.54, 1.807) is 5.57 Å². The maximum Gasteiger partial charge on any atom is 0.156 e. The molecule has 2 nitrogen and oxygen atoms in total. The number of hydrogen-bond donors (Lipinski definition) is 1. The minimum absolute atomic E-state index is 0.228. The molecule has 120 valence electrons. The lowest BCUT2D eigenvalue weighted by Gasteiger charge is -2.56. The van der Waals surface area contributed by atoms with Crippen LogP contribution in [0.1, 0.15) is 71.6 Å². The zero-order valence-electron chi connectivity index (χ0n) is 14.1. The highest BCUT2D eigenvalue weighted by Gasteiger charge is 2.62. The molecule has 0 spiro atoms. The molecule has 4 aliphatic rings. The molecule has 0 saturated heterocycles. The van der Waals surface area contributed by atoms with Crippen molar-refractivity contribution in [3.63, 3.8) is 0 Å². The number of rotatable bonds is 0. The van der Waals surface area contributed by atoms with Gasteiger partial charge in [-0.25, -0.2) is 0 Å². The van der Waals surface area contributed by atoms with Crippen LogP contribution >= 0.6 is 0 Å². The number of nitrogens with zero attached hydrogens (tertiary/aromatic N) is 1. The molecule has 3 fully saturated rings. The summed E-state index contributed by atoms with van der Waals surface area (Å²) in [5, 5.41) is 20.4. The molecular formula is C20H29NO. The number of nitriles is 1. The van der Waals surface area contributed by atoms with Crippen molar-refractivity contribution < 1.29 is 5.11 Å². The van der Waals surface area contributed by atoms with Crippen LogP contribution in [0.25, 0.3) is 0 Å². The zero-order chi connectivity index (χ0) is 15.6. The van der Waals surface area contributed by atoms with Crippen LogP contribution in [-0.4, -0.2) is 10.7 Å². The Bertz CT molecular complexity index is 561. The summed E-state index contributed by atoms with van der Waals surface area (Å²) < 4.78 is 0. The van der Waals surface area contributed by atoms with Crippen molar-refractivity contribution in [2.24, 2.45) is 28.6 Å². The fourth-order valence-electron chi connectivity index (χ4n) is 6.76. The Morgan fingerprint density at radius 3 is 2.73 bits per heavy atom. The van der Waals surface area contributed by atoms with Crippen LogP contribution in [-0.2, 0) is 0 Å². The predicted molar refractivity (Wildman–Crippen MR) is 86.9 cm³/mol. The minimum atomic E-state index is -1.11. The second-order valence-corrected chi connectivity index (χ2v) is 8.94. The third-order valence-electron chi connectivity index (χ3n) is 8.28.